The van der Waals surface area contributed by atoms with E-state index in [0.717, 1.165) is 76.2 Å². The fourth-order valence-corrected chi connectivity index (χ4v) is 9.88. The number of nitrogens with one attached hydrogen (secondary N) is 1. The molecule has 0 spiro atoms. The van der Waals surface area contributed by atoms with Crippen molar-refractivity contribution in [1.29, 1.82) is 0 Å². The van der Waals surface area contributed by atoms with Crippen LogP contribution in [0.3, 0.4) is 0 Å². The first-order chi connectivity index (χ1) is 26.6. The second-order valence-corrected chi connectivity index (χ2v) is 16.2. The number of nitrogens with zero attached hydrogens (tertiary/aromatic N) is 1. The Balaban J connectivity index is 1.36. The zero-order valence-corrected chi connectivity index (χ0v) is 34.4. The molecule has 1 saturated heterocycles. The lowest BCUT2D eigenvalue weighted by Crippen LogP contribution is -2.73. The Hall–Kier alpha value is -3.72. The molecule has 0 bridgehead atoms. The van der Waals surface area contributed by atoms with Gasteiger partial charge in [0.2, 0.25) is 5.91 Å². The normalized spacial score (nSPS) is 23.1. The minimum atomic E-state index is -0.852. The highest BCUT2D eigenvalue weighted by Crippen LogP contribution is 2.46. The summed E-state index contributed by atoms with van der Waals surface area (Å²) in [6.45, 7) is 8.40. The molecule has 2 aromatic carbocycles. The van der Waals surface area contributed by atoms with E-state index in [9.17, 15) is 14.4 Å². The van der Waals surface area contributed by atoms with E-state index in [-0.39, 0.29) is 48.0 Å². The van der Waals surface area contributed by atoms with Gasteiger partial charge in [-0.15, -0.1) is 0 Å². The van der Waals surface area contributed by atoms with Crippen LogP contribution in [0.5, 0.6) is 11.5 Å². The van der Waals surface area contributed by atoms with Crippen LogP contribution in [0.4, 0.5) is 0 Å². The molecule has 1 N–H and O–H groups in total. The lowest BCUT2D eigenvalue weighted by Gasteiger charge is -2.58. The maximum absolute atomic E-state index is 15.3. The monoisotopic (exact) mass is 758 g/mol. The van der Waals surface area contributed by atoms with Crippen molar-refractivity contribution < 1.29 is 33.4 Å². The molecule has 2 saturated carbocycles. The van der Waals surface area contributed by atoms with Crippen molar-refractivity contribution in [2.24, 2.45) is 11.8 Å². The second-order valence-electron chi connectivity index (χ2n) is 16.2. The van der Waals surface area contributed by atoms with Gasteiger partial charge in [0.15, 0.2) is 11.6 Å². The lowest BCUT2D eigenvalue weighted by molar-refractivity contribution is -0.178. The molecular weight excluding hydrogens is 693 g/mol. The smallest absolute Gasteiger partial charge is 0.338 e. The molecule has 1 heterocycles. The van der Waals surface area contributed by atoms with E-state index in [1.165, 1.54) is 27.1 Å². The number of likely N-dealkylation sites (tertiary alicyclic amines) is 1. The number of carbonyl (C=O) groups is 4. The van der Waals surface area contributed by atoms with Gasteiger partial charge < -0.3 is 24.4 Å². The van der Waals surface area contributed by atoms with Gasteiger partial charge in [0.1, 0.15) is 23.6 Å². The van der Waals surface area contributed by atoms with E-state index in [4.69, 9.17) is 14.2 Å². The van der Waals surface area contributed by atoms with E-state index < -0.39 is 17.0 Å². The van der Waals surface area contributed by atoms with Crippen molar-refractivity contribution in [1.82, 2.24) is 10.2 Å². The Labute approximate surface area is 329 Å². The summed E-state index contributed by atoms with van der Waals surface area (Å²) in [6, 6.07) is 12.2. The highest BCUT2D eigenvalue weighted by Gasteiger charge is 2.58. The highest BCUT2D eigenvalue weighted by molar-refractivity contribution is 6.03. The Kier molecular flexibility index (Phi) is 15.0. The van der Waals surface area contributed by atoms with Crippen LogP contribution in [0.2, 0.25) is 0 Å². The minimum absolute atomic E-state index is 0.0182. The number of benzene rings is 2. The van der Waals surface area contributed by atoms with Crippen LogP contribution >= 0.6 is 0 Å². The van der Waals surface area contributed by atoms with Crippen molar-refractivity contribution in [2.75, 3.05) is 14.2 Å². The van der Waals surface area contributed by atoms with E-state index in [1.807, 2.05) is 24.3 Å². The highest BCUT2D eigenvalue weighted by atomic mass is 16.5. The number of methoxy groups -OCH3 is 2. The van der Waals surface area contributed by atoms with E-state index in [0.29, 0.717) is 48.3 Å². The summed E-state index contributed by atoms with van der Waals surface area (Å²) in [5.74, 6) is 0.664. The SMILES string of the molecule is CCCC(CC)(N[C@H]1CCCCCC[C@H]1C(=O)C(CC)(CC)N1C(=O)[C@@H]2CCCCCC[C@@H]21)C(=O)c1ccc(COC(=O)c2cc(OC)cc(OC)c2)cc1. The molecule has 2 aliphatic carbocycles. The van der Waals surface area contributed by atoms with Crippen LogP contribution in [-0.4, -0.2) is 65.7 Å². The maximum atomic E-state index is 15.3. The van der Waals surface area contributed by atoms with Gasteiger partial charge in [0, 0.05) is 29.6 Å². The summed E-state index contributed by atoms with van der Waals surface area (Å²) >= 11 is 0. The first-order valence-electron chi connectivity index (χ1n) is 21.3. The Morgan fingerprint density at radius 1 is 0.745 bits per heavy atom. The molecule has 2 aromatic rings. The first-order valence-corrected chi connectivity index (χ1v) is 21.3. The second kappa shape index (κ2) is 19.4. The van der Waals surface area contributed by atoms with Crippen LogP contribution in [0, 0.1) is 11.8 Å². The van der Waals surface area contributed by atoms with E-state index in [2.05, 4.69) is 37.9 Å². The van der Waals surface area contributed by atoms with Crippen molar-refractivity contribution in [3.63, 3.8) is 0 Å². The Bertz CT molecular complexity index is 1600. The summed E-state index contributed by atoms with van der Waals surface area (Å²) in [6.07, 6.45) is 15.5. The number of ether oxygens (including phenoxy) is 3. The molecule has 1 unspecified atom stereocenters. The molecule has 1 aliphatic heterocycles. The lowest BCUT2D eigenvalue weighted by atomic mass is 9.67. The zero-order chi connectivity index (χ0) is 39.6. The number of carbonyl (C=O) groups excluding carboxylic acids is 4. The van der Waals surface area contributed by atoms with Crippen molar-refractivity contribution in [2.45, 2.75) is 167 Å². The standard InChI is InChI=1S/C46H66N2O7/c1-7-27-45(8-2,41(49)33-25-23-32(24-26-33)31-55-44(52)34-28-35(53-5)30-36(29-34)54-6)47-39-21-17-13-11-15-19-37(39)42(50)46(9-3,10-4)48-40-22-18-14-12-16-20-38(40)43(48)51/h23-26,28-30,37-40,47H,7-22,27,31H2,1-6H3/t37-,38-,39+,40+,45?/m1/s1. The third kappa shape index (κ3) is 9.13. The van der Waals surface area contributed by atoms with Crippen molar-refractivity contribution >= 4 is 23.4 Å². The van der Waals surface area contributed by atoms with Crippen LogP contribution in [0.25, 0.3) is 0 Å². The molecule has 0 aromatic heterocycles. The van der Waals surface area contributed by atoms with Gasteiger partial charge in [-0.3, -0.25) is 14.4 Å². The van der Waals surface area contributed by atoms with Crippen LogP contribution in [0.1, 0.15) is 163 Å². The van der Waals surface area contributed by atoms with Gasteiger partial charge >= 0.3 is 5.97 Å². The summed E-state index contributed by atoms with van der Waals surface area (Å²) in [4.78, 5) is 58.8. The van der Waals surface area contributed by atoms with Gasteiger partial charge in [-0.05, 0) is 69.1 Å². The van der Waals surface area contributed by atoms with Gasteiger partial charge in [0.05, 0.1) is 31.2 Å². The number of esters is 1. The summed E-state index contributed by atoms with van der Waals surface area (Å²) in [7, 11) is 3.05. The van der Waals surface area contributed by atoms with Gasteiger partial charge in [-0.25, -0.2) is 4.79 Å². The van der Waals surface area contributed by atoms with Crippen LogP contribution in [-0.2, 0) is 20.9 Å². The molecule has 5 rings (SSSR count). The molecule has 3 aliphatic rings. The van der Waals surface area contributed by atoms with E-state index in [1.54, 1.807) is 18.2 Å². The zero-order valence-electron chi connectivity index (χ0n) is 34.4. The molecule has 5 atom stereocenters. The topological polar surface area (TPSA) is 111 Å². The number of hydrogen-bond acceptors (Lipinski definition) is 8. The number of β-lactam (4-membered cyclic amide) rings is 1. The number of ketones is 2. The molecule has 55 heavy (non-hydrogen) atoms. The predicted molar refractivity (Wildman–Crippen MR) is 216 cm³/mol. The molecule has 9 nitrogen and oxygen atoms in total. The van der Waals surface area contributed by atoms with Crippen molar-refractivity contribution in [3.8, 4) is 11.5 Å². The average Bonchev–Trinajstić information content (AvgIpc) is 3.19. The third-order valence-electron chi connectivity index (χ3n) is 13.2. The quantitative estimate of drug-likeness (QED) is 0.0966. The predicted octanol–water partition coefficient (Wildman–Crippen LogP) is 9.43. The Morgan fingerprint density at radius 3 is 1.93 bits per heavy atom. The summed E-state index contributed by atoms with van der Waals surface area (Å²) < 4.78 is 16.2. The number of amides is 1. The number of rotatable bonds is 17. The number of Topliss-reactive ketones (excluding diaryl/α,β-unsaturated/α-hetero) is 2. The summed E-state index contributed by atoms with van der Waals surface area (Å²) in [5, 5.41) is 3.93. The first kappa shape index (κ1) is 42.4. The number of hydrogen-bond donors (Lipinski definition) is 1. The average molecular weight is 759 g/mol. The molecule has 302 valence electrons. The molecular formula is C46H66N2O7. The fourth-order valence-electron chi connectivity index (χ4n) is 9.88. The molecule has 0 radical (unpaired) electrons. The molecule has 3 fully saturated rings. The fraction of sp³-hybridized carbons (Fsp3) is 0.652. The van der Waals surface area contributed by atoms with Gasteiger partial charge in [-0.2, -0.15) is 0 Å². The maximum Gasteiger partial charge on any atom is 0.338 e. The minimum Gasteiger partial charge on any atom is -0.497 e. The molecule has 9 heteroatoms. The van der Waals surface area contributed by atoms with Crippen LogP contribution in [0.15, 0.2) is 42.5 Å². The van der Waals surface area contributed by atoms with Gasteiger partial charge in [0.25, 0.3) is 0 Å². The van der Waals surface area contributed by atoms with Crippen molar-refractivity contribution in [3.05, 3.63) is 59.2 Å². The van der Waals surface area contributed by atoms with Crippen LogP contribution < -0.4 is 14.8 Å². The Morgan fingerprint density at radius 2 is 1.35 bits per heavy atom. The summed E-state index contributed by atoms with van der Waals surface area (Å²) in [5.41, 5.74) is 0.00103. The van der Waals surface area contributed by atoms with Gasteiger partial charge in [-0.1, -0.05) is 110 Å². The molecule has 1 amide bonds. The number of fused-ring (bicyclic) bond motifs is 1. The third-order valence-corrected chi connectivity index (χ3v) is 13.2. The largest absolute Gasteiger partial charge is 0.497 e. The van der Waals surface area contributed by atoms with E-state index >= 15 is 4.79 Å².